The Morgan fingerprint density at radius 3 is 2.95 bits per heavy atom. The molecular weight excluding hydrogens is 318 g/mol. The molecule has 1 amide bonds. The largest absolute Gasteiger partial charge is 0.371 e. The highest BCUT2D eigenvalue weighted by molar-refractivity contribution is 9.10. The van der Waals surface area contributed by atoms with Gasteiger partial charge in [0, 0.05) is 23.2 Å². The number of rotatable bonds is 5. The minimum absolute atomic E-state index is 0.374. The van der Waals surface area contributed by atoms with Crippen LogP contribution >= 0.6 is 15.9 Å². The van der Waals surface area contributed by atoms with E-state index in [4.69, 9.17) is 5.73 Å². The van der Waals surface area contributed by atoms with Gasteiger partial charge in [0.2, 0.25) is 0 Å². The number of anilines is 1. The summed E-state index contributed by atoms with van der Waals surface area (Å²) >= 11 is 3.40. The van der Waals surface area contributed by atoms with Crippen molar-refractivity contribution in [2.45, 2.75) is 19.8 Å². The second-order valence-corrected chi connectivity index (χ2v) is 6.19. The maximum absolute atomic E-state index is 11.6. The summed E-state index contributed by atoms with van der Waals surface area (Å²) in [5.74, 6) is 0.259. The van der Waals surface area contributed by atoms with Crippen LogP contribution in [0.5, 0.6) is 0 Å². The molecule has 1 saturated heterocycles. The molecule has 1 aromatic rings. The standard InChI is InChI=1S/C15H22BrN3O/c1-2-19(10-11-4-3-7-18-9-11)14-6-5-12(16)8-13(14)15(17)20/h5-6,8,11,18H,2-4,7,9-10H2,1H3,(H2,17,20). The number of nitrogens with two attached hydrogens (primary N) is 1. The van der Waals surface area contributed by atoms with Gasteiger partial charge in [-0.25, -0.2) is 0 Å². The summed E-state index contributed by atoms with van der Waals surface area (Å²) in [6.45, 7) is 6.12. The smallest absolute Gasteiger partial charge is 0.250 e. The van der Waals surface area contributed by atoms with E-state index >= 15 is 0 Å². The van der Waals surface area contributed by atoms with E-state index in [0.717, 1.165) is 36.3 Å². The Labute approximate surface area is 128 Å². The van der Waals surface area contributed by atoms with Crippen LogP contribution in [0.4, 0.5) is 5.69 Å². The van der Waals surface area contributed by atoms with E-state index in [0.29, 0.717) is 11.5 Å². The predicted octanol–water partition coefficient (Wildman–Crippen LogP) is 2.37. The molecule has 5 heteroatoms. The van der Waals surface area contributed by atoms with Gasteiger partial charge in [0.15, 0.2) is 0 Å². The first kappa shape index (κ1) is 15.3. The number of carbonyl (C=O) groups excluding carboxylic acids is 1. The number of nitrogens with one attached hydrogen (secondary N) is 1. The summed E-state index contributed by atoms with van der Waals surface area (Å²) in [6, 6.07) is 5.74. The van der Waals surface area contributed by atoms with E-state index in [9.17, 15) is 4.79 Å². The van der Waals surface area contributed by atoms with Gasteiger partial charge < -0.3 is 16.0 Å². The van der Waals surface area contributed by atoms with E-state index < -0.39 is 0 Å². The van der Waals surface area contributed by atoms with Crippen LogP contribution in [0.25, 0.3) is 0 Å². The van der Waals surface area contributed by atoms with E-state index in [2.05, 4.69) is 33.1 Å². The molecule has 1 heterocycles. The van der Waals surface area contributed by atoms with Crippen molar-refractivity contribution >= 4 is 27.5 Å². The molecule has 1 aliphatic heterocycles. The lowest BCUT2D eigenvalue weighted by molar-refractivity contribution is 0.100. The maximum atomic E-state index is 11.6. The van der Waals surface area contributed by atoms with Crippen LogP contribution in [0.2, 0.25) is 0 Å². The molecule has 0 spiro atoms. The SMILES string of the molecule is CCN(CC1CCCNC1)c1ccc(Br)cc1C(N)=O. The molecule has 1 fully saturated rings. The Hall–Kier alpha value is -1.07. The molecule has 1 unspecified atom stereocenters. The van der Waals surface area contributed by atoms with Crippen molar-refractivity contribution in [2.75, 3.05) is 31.1 Å². The zero-order valence-corrected chi connectivity index (χ0v) is 13.4. The average molecular weight is 340 g/mol. The number of amides is 1. The minimum atomic E-state index is -0.374. The van der Waals surface area contributed by atoms with Crippen LogP contribution < -0.4 is 16.0 Å². The van der Waals surface area contributed by atoms with Crippen molar-refractivity contribution in [1.82, 2.24) is 5.32 Å². The maximum Gasteiger partial charge on any atom is 0.250 e. The van der Waals surface area contributed by atoms with Crippen molar-refractivity contribution in [1.29, 1.82) is 0 Å². The van der Waals surface area contributed by atoms with Gasteiger partial charge in [-0.1, -0.05) is 15.9 Å². The zero-order chi connectivity index (χ0) is 14.5. The van der Waals surface area contributed by atoms with Gasteiger partial charge in [0.05, 0.1) is 5.56 Å². The average Bonchev–Trinajstić information content (AvgIpc) is 2.46. The van der Waals surface area contributed by atoms with E-state index in [1.807, 2.05) is 12.1 Å². The fourth-order valence-corrected chi connectivity index (χ4v) is 3.13. The van der Waals surface area contributed by atoms with E-state index in [-0.39, 0.29) is 5.91 Å². The first-order valence-corrected chi connectivity index (χ1v) is 7.96. The molecule has 0 saturated carbocycles. The summed E-state index contributed by atoms with van der Waals surface area (Å²) in [7, 11) is 0. The van der Waals surface area contributed by atoms with E-state index in [1.54, 1.807) is 6.07 Å². The molecule has 4 nitrogen and oxygen atoms in total. The van der Waals surface area contributed by atoms with Gasteiger partial charge >= 0.3 is 0 Å². The molecule has 0 radical (unpaired) electrons. The predicted molar refractivity (Wildman–Crippen MR) is 86.1 cm³/mol. The van der Waals surface area contributed by atoms with Gasteiger partial charge in [-0.3, -0.25) is 4.79 Å². The van der Waals surface area contributed by atoms with Gasteiger partial charge in [-0.05, 0) is 57.0 Å². The molecule has 2 rings (SSSR count). The highest BCUT2D eigenvalue weighted by Gasteiger charge is 2.19. The van der Waals surface area contributed by atoms with Crippen LogP contribution in [0.15, 0.2) is 22.7 Å². The highest BCUT2D eigenvalue weighted by atomic mass is 79.9. The summed E-state index contributed by atoms with van der Waals surface area (Å²) in [4.78, 5) is 13.9. The second-order valence-electron chi connectivity index (χ2n) is 5.28. The van der Waals surface area contributed by atoms with E-state index in [1.165, 1.54) is 12.8 Å². The Morgan fingerprint density at radius 2 is 2.35 bits per heavy atom. The third kappa shape index (κ3) is 3.73. The monoisotopic (exact) mass is 339 g/mol. The second kappa shape index (κ2) is 7.09. The number of benzene rings is 1. The van der Waals surface area contributed by atoms with Crippen molar-refractivity contribution in [3.63, 3.8) is 0 Å². The van der Waals surface area contributed by atoms with Crippen molar-refractivity contribution in [3.8, 4) is 0 Å². The molecule has 1 aliphatic rings. The quantitative estimate of drug-likeness (QED) is 0.865. The Morgan fingerprint density at radius 1 is 1.55 bits per heavy atom. The van der Waals surface area contributed by atoms with Crippen LogP contribution in [0, 0.1) is 5.92 Å². The lowest BCUT2D eigenvalue weighted by Crippen LogP contribution is -2.39. The number of nitrogens with zero attached hydrogens (tertiary/aromatic N) is 1. The molecule has 0 aromatic heterocycles. The molecule has 0 aliphatic carbocycles. The Bertz CT molecular complexity index is 472. The lowest BCUT2D eigenvalue weighted by Gasteiger charge is -2.31. The summed E-state index contributed by atoms with van der Waals surface area (Å²) in [5, 5.41) is 3.44. The molecule has 110 valence electrons. The van der Waals surface area contributed by atoms with Crippen LogP contribution in [0.1, 0.15) is 30.1 Å². The topological polar surface area (TPSA) is 58.4 Å². The van der Waals surface area contributed by atoms with Gasteiger partial charge in [-0.2, -0.15) is 0 Å². The van der Waals surface area contributed by atoms with Crippen LogP contribution in [-0.2, 0) is 0 Å². The van der Waals surface area contributed by atoms with Gasteiger partial charge in [-0.15, -0.1) is 0 Å². The number of halogens is 1. The Kier molecular flexibility index (Phi) is 5.43. The number of hydrogen-bond acceptors (Lipinski definition) is 3. The molecule has 3 N–H and O–H groups in total. The number of hydrogen-bond donors (Lipinski definition) is 2. The first-order valence-electron chi connectivity index (χ1n) is 7.16. The molecule has 20 heavy (non-hydrogen) atoms. The summed E-state index contributed by atoms with van der Waals surface area (Å²) in [5.41, 5.74) is 7.04. The summed E-state index contributed by atoms with van der Waals surface area (Å²) in [6.07, 6.45) is 2.47. The molecule has 1 aromatic carbocycles. The first-order chi connectivity index (χ1) is 9.61. The van der Waals surface area contributed by atoms with Crippen LogP contribution in [-0.4, -0.2) is 32.1 Å². The molecule has 1 atom stereocenters. The fraction of sp³-hybridized carbons (Fsp3) is 0.533. The number of primary amides is 1. The number of piperidine rings is 1. The minimum Gasteiger partial charge on any atom is -0.371 e. The zero-order valence-electron chi connectivity index (χ0n) is 11.9. The van der Waals surface area contributed by atoms with Gasteiger partial charge in [0.25, 0.3) is 5.91 Å². The third-order valence-corrected chi connectivity index (χ3v) is 4.32. The third-order valence-electron chi connectivity index (χ3n) is 3.82. The number of carbonyl (C=O) groups is 1. The van der Waals surface area contributed by atoms with Crippen molar-refractivity contribution in [3.05, 3.63) is 28.2 Å². The van der Waals surface area contributed by atoms with Gasteiger partial charge in [0.1, 0.15) is 0 Å². The van der Waals surface area contributed by atoms with Crippen molar-refractivity contribution in [2.24, 2.45) is 11.7 Å². The normalized spacial score (nSPS) is 18.8. The lowest BCUT2D eigenvalue weighted by atomic mass is 9.98. The molecule has 0 bridgehead atoms. The van der Waals surface area contributed by atoms with Crippen molar-refractivity contribution < 1.29 is 4.79 Å². The van der Waals surface area contributed by atoms with Crippen LogP contribution in [0.3, 0.4) is 0 Å². The Balaban J connectivity index is 2.19. The fourth-order valence-electron chi connectivity index (χ4n) is 2.77. The highest BCUT2D eigenvalue weighted by Crippen LogP contribution is 2.26. The summed E-state index contributed by atoms with van der Waals surface area (Å²) < 4.78 is 0.880. The molecular formula is C15H22BrN3O.